The standard InChI is InChI=1S/C19H24N6O2/c1-13-8-14(2)25-19(22-13)16(9-21-25)11-23-7-3-4-15(10-23)17-5-6-20-24(17)12-18(26)27/h5-6,8-9,15H,3-4,7,10-12H2,1-2H3,(H,26,27)/t15-/m1/s1. The van der Waals surface area contributed by atoms with E-state index in [1.807, 2.05) is 36.7 Å². The molecule has 0 radical (unpaired) electrons. The first-order chi connectivity index (χ1) is 13.0. The SMILES string of the molecule is Cc1cc(C)n2ncc(CN3CCC[C@@H](c4ccnn4CC(=O)O)C3)c2n1. The number of nitrogens with zero attached hydrogens (tertiary/aromatic N) is 6. The van der Waals surface area contributed by atoms with Gasteiger partial charge in [0.25, 0.3) is 0 Å². The van der Waals surface area contributed by atoms with Crippen LogP contribution < -0.4 is 0 Å². The van der Waals surface area contributed by atoms with Crippen LogP contribution in [0.3, 0.4) is 0 Å². The number of hydrogen-bond donors (Lipinski definition) is 1. The van der Waals surface area contributed by atoms with E-state index in [1.165, 1.54) is 0 Å². The average molecular weight is 368 g/mol. The monoisotopic (exact) mass is 368 g/mol. The molecule has 1 atom stereocenters. The summed E-state index contributed by atoms with van der Waals surface area (Å²) in [5.41, 5.74) is 5.13. The molecule has 0 spiro atoms. The van der Waals surface area contributed by atoms with Gasteiger partial charge in [-0.2, -0.15) is 10.2 Å². The highest BCUT2D eigenvalue weighted by atomic mass is 16.4. The maximum Gasteiger partial charge on any atom is 0.325 e. The van der Waals surface area contributed by atoms with Crippen molar-refractivity contribution in [1.29, 1.82) is 0 Å². The minimum atomic E-state index is -0.865. The highest BCUT2D eigenvalue weighted by Crippen LogP contribution is 2.28. The Bertz CT molecular complexity index is 976. The molecular formula is C19H24N6O2. The number of carbonyl (C=O) groups is 1. The van der Waals surface area contributed by atoms with Gasteiger partial charge in [0.1, 0.15) is 6.54 Å². The molecular weight excluding hydrogens is 344 g/mol. The lowest BCUT2D eigenvalue weighted by atomic mass is 9.94. The first kappa shape index (κ1) is 17.7. The molecule has 3 aromatic rings. The molecule has 0 aliphatic carbocycles. The molecule has 0 amide bonds. The fraction of sp³-hybridized carbons (Fsp3) is 0.474. The molecule has 0 aromatic carbocycles. The fourth-order valence-electron chi connectivity index (χ4n) is 4.06. The molecule has 3 aromatic heterocycles. The number of aryl methyl sites for hydroxylation is 2. The van der Waals surface area contributed by atoms with Crippen LogP contribution >= 0.6 is 0 Å². The van der Waals surface area contributed by atoms with Crippen LogP contribution in [-0.4, -0.2) is 53.4 Å². The summed E-state index contributed by atoms with van der Waals surface area (Å²) in [5, 5.41) is 17.8. The first-order valence-electron chi connectivity index (χ1n) is 9.28. The molecule has 1 saturated heterocycles. The number of aliphatic carboxylic acids is 1. The third-order valence-corrected chi connectivity index (χ3v) is 5.20. The van der Waals surface area contributed by atoms with Crippen LogP contribution in [0.15, 0.2) is 24.5 Å². The van der Waals surface area contributed by atoms with E-state index in [0.29, 0.717) is 5.92 Å². The maximum atomic E-state index is 11.1. The Morgan fingerprint density at radius 1 is 1.33 bits per heavy atom. The second-order valence-electron chi connectivity index (χ2n) is 7.33. The van der Waals surface area contributed by atoms with Crippen molar-refractivity contribution < 1.29 is 9.90 Å². The second kappa shape index (κ2) is 7.11. The Morgan fingerprint density at radius 3 is 3.00 bits per heavy atom. The van der Waals surface area contributed by atoms with Crippen molar-refractivity contribution in [2.75, 3.05) is 13.1 Å². The van der Waals surface area contributed by atoms with Crippen LogP contribution in [0.5, 0.6) is 0 Å². The molecule has 4 rings (SSSR count). The van der Waals surface area contributed by atoms with Gasteiger partial charge in [-0.15, -0.1) is 0 Å². The summed E-state index contributed by atoms with van der Waals surface area (Å²) in [6, 6.07) is 3.98. The van der Waals surface area contributed by atoms with Crippen molar-refractivity contribution in [3.05, 3.63) is 47.2 Å². The summed E-state index contributed by atoms with van der Waals surface area (Å²) < 4.78 is 3.51. The van der Waals surface area contributed by atoms with Gasteiger partial charge in [-0.3, -0.25) is 14.4 Å². The normalized spacial score (nSPS) is 18.2. The zero-order valence-electron chi connectivity index (χ0n) is 15.7. The van der Waals surface area contributed by atoms with Crippen molar-refractivity contribution >= 4 is 11.6 Å². The van der Waals surface area contributed by atoms with Gasteiger partial charge in [0, 0.05) is 47.8 Å². The lowest BCUT2D eigenvalue weighted by Gasteiger charge is -2.32. The van der Waals surface area contributed by atoms with Crippen LogP contribution in [0.2, 0.25) is 0 Å². The number of aromatic nitrogens is 5. The molecule has 8 nitrogen and oxygen atoms in total. The van der Waals surface area contributed by atoms with Crippen LogP contribution in [-0.2, 0) is 17.9 Å². The molecule has 27 heavy (non-hydrogen) atoms. The Labute approximate surface area is 157 Å². The van der Waals surface area contributed by atoms with Crippen molar-refractivity contribution in [2.45, 2.75) is 45.7 Å². The molecule has 4 heterocycles. The molecule has 1 aliphatic heterocycles. The van der Waals surface area contributed by atoms with Gasteiger partial charge < -0.3 is 5.11 Å². The third-order valence-electron chi connectivity index (χ3n) is 5.20. The van der Waals surface area contributed by atoms with E-state index in [1.54, 1.807) is 10.9 Å². The Morgan fingerprint density at radius 2 is 2.19 bits per heavy atom. The minimum Gasteiger partial charge on any atom is -0.480 e. The van der Waals surface area contributed by atoms with Gasteiger partial charge in [0.15, 0.2) is 5.65 Å². The zero-order chi connectivity index (χ0) is 19.0. The van der Waals surface area contributed by atoms with Crippen LogP contribution in [0, 0.1) is 13.8 Å². The van der Waals surface area contributed by atoms with E-state index in [2.05, 4.69) is 20.1 Å². The van der Waals surface area contributed by atoms with Gasteiger partial charge in [0.05, 0.1) is 6.20 Å². The quantitative estimate of drug-likeness (QED) is 0.741. The Kier molecular flexibility index (Phi) is 4.65. The summed E-state index contributed by atoms with van der Waals surface area (Å²) in [7, 11) is 0. The minimum absolute atomic E-state index is 0.0879. The van der Waals surface area contributed by atoms with E-state index in [9.17, 15) is 4.79 Å². The predicted molar refractivity (Wildman–Crippen MR) is 99.6 cm³/mol. The van der Waals surface area contributed by atoms with Gasteiger partial charge >= 0.3 is 5.97 Å². The summed E-state index contributed by atoms with van der Waals surface area (Å²) in [6.45, 7) is 6.65. The number of rotatable bonds is 5. The number of carboxylic acid groups (broad SMARTS) is 1. The topological polar surface area (TPSA) is 88.5 Å². The van der Waals surface area contributed by atoms with Crippen molar-refractivity contribution in [3.63, 3.8) is 0 Å². The molecule has 1 fully saturated rings. The molecule has 142 valence electrons. The number of piperidine rings is 1. The highest BCUT2D eigenvalue weighted by Gasteiger charge is 2.25. The van der Waals surface area contributed by atoms with E-state index >= 15 is 0 Å². The number of hydrogen-bond acceptors (Lipinski definition) is 5. The average Bonchev–Trinajstić information content (AvgIpc) is 3.22. The van der Waals surface area contributed by atoms with Crippen LogP contribution in [0.25, 0.3) is 5.65 Å². The number of carboxylic acids is 1. The van der Waals surface area contributed by atoms with E-state index in [0.717, 1.165) is 60.8 Å². The van der Waals surface area contributed by atoms with Gasteiger partial charge in [-0.05, 0) is 45.4 Å². The van der Waals surface area contributed by atoms with Gasteiger partial charge in [-0.1, -0.05) is 0 Å². The predicted octanol–water partition coefficient (Wildman–Crippen LogP) is 2.01. The molecule has 0 bridgehead atoms. The summed E-state index contributed by atoms with van der Waals surface area (Å²) in [4.78, 5) is 18.1. The zero-order valence-corrected chi connectivity index (χ0v) is 15.7. The van der Waals surface area contributed by atoms with Crippen molar-refractivity contribution in [2.24, 2.45) is 0 Å². The first-order valence-corrected chi connectivity index (χ1v) is 9.28. The largest absolute Gasteiger partial charge is 0.480 e. The second-order valence-corrected chi connectivity index (χ2v) is 7.33. The lowest BCUT2D eigenvalue weighted by Crippen LogP contribution is -2.35. The number of fused-ring (bicyclic) bond motifs is 1. The van der Waals surface area contributed by atoms with Crippen LogP contribution in [0.4, 0.5) is 0 Å². The molecule has 1 N–H and O–H groups in total. The lowest BCUT2D eigenvalue weighted by molar-refractivity contribution is -0.137. The van der Waals surface area contributed by atoms with E-state index < -0.39 is 5.97 Å². The summed E-state index contributed by atoms with van der Waals surface area (Å²) >= 11 is 0. The maximum absolute atomic E-state index is 11.1. The Hall–Kier alpha value is -2.74. The summed E-state index contributed by atoms with van der Waals surface area (Å²) in [5.74, 6) is -0.574. The third kappa shape index (κ3) is 3.57. The van der Waals surface area contributed by atoms with Crippen LogP contribution in [0.1, 0.15) is 41.4 Å². The van der Waals surface area contributed by atoms with Crippen molar-refractivity contribution in [3.8, 4) is 0 Å². The fourth-order valence-corrected chi connectivity index (χ4v) is 4.06. The Balaban J connectivity index is 1.53. The summed E-state index contributed by atoms with van der Waals surface area (Å²) in [6.07, 6.45) is 5.73. The number of likely N-dealkylation sites (tertiary alicyclic amines) is 1. The van der Waals surface area contributed by atoms with E-state index in [-0.39, 0.29) is 6.54 Å². The van der Waals surface area contributed by atoms with Crippen molar-refractivity contribution in [1.82, 2.24) is 29.3 Å². The highest BCUT2D eigenvalue weighted by molar-refractivity contribution is 5.66. The molecule has 0 unspecified atom stereocenters. The van der Waals surface area contributed by atoms with E-state index in [4.69, 9.17) is 5.11 Å². The molecule has 0 saturated carbocycles. The van der Waals surface area contributed by atoms with Gasteiger partial charge in [0.2, 0.25) is 0 Å². The van der Waals surface area contributed by atoms with Gasteiger partial charge in [-0.25, -0.2) is 9.50 Å². The molecule has 8 heteroatoms. The smallest absolute Gasteiger partial charge is 0.325 e. The molecule has 1 aliphatic rings.